The summed E-state index contributed by atoms with van der Waals surface area (Å²) < 4.78 is 5.09. The maximum Gasteiger partial charge on any atom is 0.126 e. The molecule has 0 aromatic carbocycles. The first-order chi connectivity index (χ1) is 9.35. The fourth-order valence-corrected chi connectivity index (χ4v) is 3.37. The highest BCUT2D eigenvalue weighted by Crippen LogP contribution is 2.25. The average molecular weight is 278 g/mol. The van der Waals surface area contributed by atoms with E-state index in [-0.39, 0.29) is 0 Å². The molecular formula is C14H18N2O2S. The van der Waals surface area contributed by atoms with Crippen LogP contribution in [0.1, 0.15) is 18.5 Å². The van der Waals surface area contributed by atoms with E-state index in [0.29, 0.717) is 12.5 Å². The van der Waals surface area contributed by atoms with Gasteiger partial charge in [-0.05, 0) is 31.4 Å². The Morgan fingerprint density at radius 3 is 3.26 bits per heavy atom. The summed E-state index contributed by atoms with van der Waals surface area (Å²) >= 11 is 1.66. The average Bonchev–Trinajstić information content (AvgIpc) is 3.09. The normalized spacial score (nSPS) is 20.8. The number of likely N-dealkylation sites (tertiary alicyclic amines) is 1. The van der Waals surface area contributed by atoms with Crippen molar-refractivity contribution in [3.63, 3.8) is 0 Å². The third kappa shape index (κ3) is 3.05. The number of aromatic nitrogens is 1. The van der Waals surface area contributed by atoms with Gasteiger partial charge in [-0.25, -0.2) is 4.98 Å². The SMILES string of the molecule is OCC1CCCN(Cc2csc(-c3ccoc3)n2)C1. The number of hydrogen-bond donors (Lipinski definition) is 1. The van der Waals surface area contributed by atoms with Crippen LogP contribution in [0.2, 0.25) is 0 Å². The van der Waals surface area contributed by atoms with E-state index in [0.717, 1.165) is 42.3 Å². The zero-order chi connectivity index (χ0) is 13.1. The second-order valence-corrected chi connectivity index (χ2v) is 5.94. The number of piperidine rings is 1. The smallest absolute Gasteiger partial charge is 0.126 e. The van der Waals surface area contributed by atoms with Crippen molar-refractivity contribution in [1.82, 2.24) is 9.88 Å². The van der Waals surface area contributed by atoms with E-state index in [1.807, 2.05) is 6.07 Å². The van der Waals surface area contributed by atoms with Gasteiger partial charge in [0.1, 0.15) is 11.3 Å². The molecule has 3 heterocycles. The summed E-state index contributed by atoms with van der Waals surface area (Å²) in [6.45, 7) is 3.27. The van der Waals surface area contributed by atoms with Crippen LogP contribution in [0.4, 0.5) is 0 Å². The van der Waals surface area contributed by atoms with Gasteiger partial charge in [0.15, 0.2) is 0 Å². The molecule has 2 aromatic heterocycles. The predicted molar refractivity (Wildman–Crippen MR) is 74.9 cm³/mol. The van der Waals surface area contributed by atoms with Gasteiger partial charge < -0.3 is 9.52 Å². The van der Waals surface area contributed by atoms with Gasteiger partial charge in [-0.15, -0.1) is 11.3 Å². The van der Waals surface area contributed by atoms with E-state index in [1.54, 1.807) is 23.9 Å². The van der Waals surface area contributed by atoms with Gasteiger partial charge in [0.2, 0.25) is 0 Å². The first-order valence-electron chi connectivity index (χ1n) is 6.65. The molecule has 3 rings (SSSR count). The lowest BCUT2D eigenvalue weighted by Gasteiger charge is -2.31. The van der Waals surface area contributed by atoms with Crippen LogP contribution in [0.3, 0.4) is 0 Å². The molecular weight excluding hydrogens is 260 g/mol. The number of hydrogen-bond acceptors (Lipinski definition) is 5. The van der Waals surface area contributed by atoms with Gasteiger partial charge in [-0.3, -0.25) is 4.90 Å². The van der Waals surface area contributed by atoms with E-state index in [9.17, 15) is 5.11 Å². The van der Waals surface area contributed by atoms with Crippen LogP contribution in [0, 0.1) is 5.92 Å². The Kier molecular flexibility index (Phi) is 3.96. The maximum absolute atomic E-state index is 9.25. The Morgan fingerprint density at radius 1 is 1.53 bits per heavy atom. The lowest BCUT2D eigenvalue weighted by molar-refractivity contribution is 0.115. The van der Waals surface area contributed by atoms with Crippen LogP contribution in [-0.4, -0.2) is 34.7 Å². The fraction of sp³-hybridized carbons (Fsp3) is 0.500. The molecule has 0 spiro atoms. The molecule has 102 valence electrons. The zero-order valence-corrected chi connectivity index (χ0v) is 11.6. The van der Waals surface area contributed by atoms with E-state index in [4.69, 9.17) is 4.42 Å². The van der Waals surface area contributed by atoms with E-state index < -0.39 is 0 Å². The zero-order valence-electron chi connectivity index (χ0n) is 10.8. The minimum atomic E-state index is 0.299. The van der Waals surface area contributed by atoms with Gasteiger partial charge in [0.25, 0.3) is 0 Å². The van der Waals surface area contributed by atoms with Gasteiger partial charge in [-0.2, -0.15) is 0 Å². The highest BCUT2D eigenvalue weighted by Gasteiger charge is 2.20. The molecule has 0 saturated carbocycles. The van der Waals surface area contributed by atoms with Gasteiger partial charge in [0, 0.05) is 30.6 Å². The number of furan rings is 1. The standard InChI is InChI=1S/C14H18N2O2S/c17-8-11-2-1-4-16(6-11)7-13-10-19-14(15-13)12-3-5-18-9-12/h3,5,9-11,17H,1-2,4,6-8H2. The van der Waals surface area contributed by atoms with Gasteiger partial charge in [0.05, 0.1) is 12.0 Å². The molecule has 1 aliphatic rings. The summed E-state index contributed by atoms with van der Waals surface area (Å²) in [5.41, 5.74) is 2.16. The molecule has 0 bridgehead atoms. The Bertz CT molecular complexity index is 509. The van der Waals surface area contributed by atoms with E-state index in [2.05, 4.69) is 15.3 Å². The Balaban J connectivity index is 1.64. The number of thiazole rings is 1. The first kappa shape index (κ1) is 12.8. The van der Waals surface area contributed by atoms with Crippen molar-refractivity contribution in [2.24, 2.45) is 5.92 Å². The summed E-state index contributed by atoms with van der Waals surface area (Å²) in [4.78, 5) is 7.04. The topological polar surface area (TPSA) is 49.5 Å². The molecule has 0 radical (unpaired) electrons. The number of nitrogens with zero attached hydrogens (tertiary/aromatic N) is 2. The van der Waals surface area contributed by atoms with Crippen LogP contribution < -0.4 is 0 Å². The first-order valence-corrected chi connectivity index (χ1v) is 7.53. The predicted octanol–water partition coefficient (Wildman–Crippen LogP) is 2.61. The summed E-state index contributed by atoms with van der Waals surface area (Å²) in [5, 5.41) is 12.4. The molecule has 2 aromatic rings. The monoisotopic (exact) mass is 278 g/mol. The summed E-state index contributed by atoms with van der Waals surface area (Å²) in [5.74, 6) is 0.431. The molecule has 1 N–H and O–H groups in total. The van der Waals surface area contributed by atoms with Crippen molar-refractivity contribution in [2.45, 2.75) is 19.4 Å². The molecule has 19 heavy (non-hydrogen) atoms. The minimum absolute atomic E-state index is 0.299. The van der Waals surface area contributed by atoms with Crippen molar-refractivity contribution < 1.29 is 9.52 Å². The van der Waals surface area contributed by atoms with E-state index >= 15 is 0 Å². The number of aliphatic hydroxyl groups excluding tert-OH is 1. The number of aliphatic hydroxyl groups is 1. The van der Waals surface area contributed by atoms with Crippen molar-refractivity contribution in [3.05, 3.63) is 29.7 Å². The summed E-state index contributed by atoms with van der Waals surface area (Å²) in [6, 6.07) is 1.94. The van der Waals surface area contributed by atoms with Crippen LogP contribution >= 0.6 is 11.3 Å². The highest BCUT2D eigenvalue weighted by atomic mass is 32.1. The number of rotatable bonds is 4. The second-order valence-electron chi connectivity index (χ2n) is 5.08. The molecule has 0 aliphatic carbocycles. The third-order valence-electron chi connectivity index (χ3n) is 3.57. The Hall–Kier alpha value is -1.17. The third-order valence-corrected chi connectivity index (χ3v) is 4.51. The molecule has 1 unspecified atom stereocenters. The molecule has 1 saturated heterocycles. The molecule has 1 aliphatic heterocycles. The maximum atomic E-state index is 9.25. The fourth-order valence-electron chi connectivity index (χ4n) is 2.57. The molecule has 0 amide bonds. The second kappa shape index (κ2) is 5.86. The molecule has 1 atom stereocenters. The van der Waals surface area contributed by atoms with Crippen molar-refractivity contribution in [2.75, 3.05) is 19.7 Å². The highest BCUT2D eigenvalue weighted by molar-refractivity contribution is 7.13. The molecule has 4 nitrogen and oxygen atoms in total. The van der Waals surface area contributed by atoms with Gasteiger partial charge >= 0.3 is 0 Å². The van der Waals surface area contributed by atoms with Gasteiger partial charge in [-0.1, -0.05) is 0 Å². The minimum Gasteiger partial charge on any atom is -0.472 e. The summed E-state index contributed by atoms with van der Waals surface area (Å²) in [7, 11) is 0. The quantitative estimate of drug-likeness (QED) is 0.934. The van der Waals surface area contributed by atoms with Crippen LogP contribution in [-0.2, 0) is 6.54 Å². The summed E-state index contributed by atoms with van der Waals surface area (Å²) in [6.07, 6.45) is 5.71. The van der Waals surface area contributed by atoms with Crippen LogP contribution in [0.25, 0.3) is 10.6 Å². The lowest BCUT2D eigenvalue weighted by Crippen LogP contribution is -2.36. The van der Waals surface area contributed by atoms with Crippen LogP contribution in [0.5, 0.6) is 0 Å². The van der Waals surface area contributed by atoms with Crippen molar-refractivity contribution >= 4 is 11.3 Å². The molecule has 1 fully saturated rings. The van der Waals surface area contributed by atoms with Crippen LogP contribution in [0.15, 0.2) is 28.4 Å². The molecule has 5 heteroatoms. The van der Waals surface area contributed by atoms with Crippen molar-refractivity contribution in [1.29, 1.82) is 0 Å². The van der Waals surface area contributed by atoms with E-state index in [1.165, 1.54) is 6.42 Å². The Labute approximate surface area is 116 Å². The largest absolute Gasteiger partial charge is 0.472 e. The lowest BCUT2D eigenvalue weighted by atomic mass is 9.99. The van der Waals surface area contributed by atoms with Crippen molar-refractivity contribution in [3.8, 4) is 10.6 Å². The Morgan fingerprint density at radius 2 is 2.47 bits per heavy atom.